The van der Waals surface area contributed by atoms with Gasteiger partial charge in [-0.3, -0.25) is 4.79 Å². The third kappa shape index (κ3) is 2.71. The number of hydrogen-bond donors (Lipinski definition) is 1. The van der Waals surface area contributed by atoms with Crippen LogP contribution in [0, 0.1) is 17.8 Å². The van der Waals surface area contributed by atoms with Gasteiger partial charge in [0.05, 0.1) is 5.92 Å². The lowest BCUT2D eigenvalue weighted by molar-refractivity contribution is -0.143. The van der Waals surface area contributed by atoms with Gasteiger partial charge in [0.1, 0.15) is 0 Å². The number of rotatable bonds is 3. The molecule has 2 rings (SSSR count). The maximum Gasteiger partial charge on any atom is 0.306 e. The molecule has 0 unspecified atom stereocenters. The molecule has 0 aromatic rings. The van der Waals surface area contributed by atoms with Crippen LogP contribution in [0.4, 0.5) is 0 Å². The van der Waals surface area contributed by atoms with E-state index in [-0.39, 0.29) is 5.92 Å². The Morgan fingerprint density at radius 1 is 1.27 bits per heavy atom. The van der Waals surface area contributed by atoms with Gasteiger partial charge in [0.25, 0.3) is 0 Å². The number of hydrogen-bond acceptors (Lipinski definition) is 2. The molecule has 0 aromatic heterocycles. The Morgan fingerprint density at radius 3 is 2.33 bits per heavy atom. The highest BCUT2D eigenvalue weighted by atomic mass is 16.4. The summed E-state index contributed by atoms with van der Waals surface area (Å²) in [4.78, 5) is 13.3. The van der Waals surface area contributed by atoms with E-state index in [1.807, 2.05) is 0 Å². The molecule has 1 aliphatic carbocycles. The van der Waals surface area contributed by atoms with Crippen molar-refractivity contribution in [2.45, 2.75) is 32.6 Å². The first kappa shape index (κ1) is 10.9. The summed E-state index contributed by atoms with van der Waals surface area (Å²) in [5, 5.41) is 8.89. The van der Waals surface area contributed by atoms with Crippen molar-refractivity contribution in [3.05, 3.63) is 0 Å². The van der Waals surface area contributed by atoms with Crippen LogP contribution in [0.2, 0.25) is 0 Å². The Balaban J connectivity index is 1.67. The Kier molecular flexibility index (Phi) is 3.29. The fourth-order valence-corrected chi connectivity index (χ4v) is 2.93. The van der Waals surface area contributed by atoms with Gasteiger partial charge in [0.15, 0.2) is 0 Å². The predicted octanol–water partition coefficient (Wildman–Crippen LogP) is 1.83. The van der Waals surface area contributed by atoms with Gasteiger partial charge < -0.3 is 10.0 Å². The van der Waals surface area contributed by atoms with E-state index in [2.05, 4.69) is 11.8 Å². The molecule has 1 heterocycles. The molecule has 1 N–H and O–H groups in total. The highest BCUT2D eigenvalue weighted by Crippen LogP contribution is 2.30. The summed E-state index contributed by atoms with van der Waals surface area (Å²) in [6.45, 7) is 5.99. The van der Waals surface area contributed by atoms with E-state index < -0.39 is 5.97 Å². The van der Waals surface area contributed by atoms with E-state index in [9.17, 15) is 4.79 Å². The first-order valence-corrected chi connectivity index (χ1v) is 6.10. The fraction of sp³-hybridized carbons (Fsp3) is 0.917. The van der Waals surface area contributed by atoms with E-state index in [0.29, 0.717) is 0 Å². The van der Waals surface area contributed by atoms with Gasteiger partial charge >= 0.3 is 5.97 Å². The average Bonchev–Trinajstić information content (AvgIpc) is 2.16. The maximum absolute atomic E-state index is 10.8. The maximum atomic E-state index is 10.8. The lowest BCUT2D eigenvalue weighted by atomic mass is 9.81. The van der Waals surface area contributed by atoms with Crippen LogP contribution in [0.1, 0.15) is 32.6 Å². The van der Waals surface area contributed by atoms with Gasteiger partial charge in [-0.1, -0.05) is 6.92 Å². The van der Waals surface area contributed by atoms with Crippen molar-refractivity contribution in [1.82, 2.24) is 4.90 Å². The molecule has 0 radical (unpaired) electrons. The first-order chi connectivity index (χ1) is 7.15. The Labute approximate surface area is 91.5 Å². The molecule has 2 fully saturated rings. The van der Waals surface area contributed by atoms with E-state index in [1.54, 1.807) is 0 Å². The Bertz CT molecular complexity index is 228. The Morgan fingerprint density at radius 2 is 1.87 bits per heavy atom. The molecule has 0 atom stereocenters. The van der Waals surface area contributed by atoms with Crippen molar-refractivity contribution in [1.29, 1.82) is 0 Å². The van der Waals surface area contributed by atoms with Crippen molar-refractivity contribution in [2.24, 2.45) is 17.8 Å². The smallest absolute Gasteiger partial charge is 0.306 e. The number of carboxylic acids is 1. The second-order valence-electron chi connectivity index (χ2n) is 5.38. The molecular formula is C12H21NO2. The average molecular weight is 211 g/mol. The second kappa shape index (κ2) is 4.52. The molecule has 1 saturated heterocycles. The summed E-state index contributed by atoms with van der Waals surface area (Å²) in [6.07, 6.45) is 4.01. The van der Waals surface area contributed by atoms with Gasteiger partial charge in [-0.15, -0.1) is 0 Å². The van der Waals surface area contributed by atoms with Crippen molar-refractivity contribution in [3.8, 4) is 0 Å². The van der Waals surface area contributed by atoms with Crippen LogP contribution in [0.5, 0.6) is 0 Å². The lowest BCUT2D eigenvalue weighted by Crippen LogP contribution is -2.47. The number of carbonyl (C=O) groups is 1. The third-order valence-corrected chi connectivity index (χ3v) is 3.85. The minimum atomic E-state index is -0.592. The molecular weight excluding hydrogens is 190 g/mol. The Hall–Kier alpha value is -0.570. The molecule has 86 valence electrons. The topological polar surface area (TPSA) is 40.5 Å². The number of nitrogens with zero attached hydrogens (tertiary/aromatic N) is 1. The molecule has 3 nitrogen and oxygen atoms in total. The zero-order valence-electron chi connectivity index (χ0n) is 9.48. The minimum absolute atomic E-state index is 0.0587. The second-order valence-corrected chi connectivity index (χ2v) is 5.38. The SMILES string of the molecule is CC1CN(CC2CCC(C(=O)O)CC2)C1. The predicted molar refractivity (Wildman–Crippen MR) is 58.7 cm³/mol. The summed E-state index contributed by atoms with van der Waals surface area (Å²) >= 11 is 0. The molecule has 0 bridgehead atoms. The highest BCUT2D eigenvalue weighted by molar-refractivity contribution is 5.69. The summed E-state index contributed by atoms with van der Waals surface area (Å²) in [7, 11) is 0. The van der Waals surface area contributed by atoms with Crippen LogP contribution in [0.3, 0.4) is 0 Å². The van der Waals surface area contributed by atoms with Gasteiger partial charge in [-0.2, -0.15) is 0 Å². The fourth-order valence-electron chi connectivity index (χ4n) is 2.93. The standard InChI is InChI=1S/C12H21NO2/c1-9-6-13(7-9)8-10-2-4-11(5-3-10)12(14)15/h9-11H,2-8H2,1H3,(H,14,15). The summed E-state index contributed by atoms with van der Waals surface area (Å²) in [6, 6.07) is 0. The monoisotopic (exact) mass is 211 g/mol. The van der Waals surface area contributed by atoms with Gasteiger partial charge in [0, 0.05) is 19.6 Å². The van der Waals surface area contributed by atoms with Crippen LogP contribution in [-0.4, -0.2) is 35.6 Å². The van der Waals surface area contributed by atoms with Crippen LogP contribution in [0.15, 0.2) is 0 Å². The number of aliphatic carboxylic acids is 1. The zero-order valence-corrected chi connectivity index (χ0v) is 9.48. The third-order valence-electron chi connectivity index (χ3n) is 3.85. The summed E-state index contributed by atoms with van der Waals surface area (Å²) in [5.74, 6) is 0.982. The molecule has 3 heteroatoms. The van der Waals surface area contributed by atoms with Crippen LogP contribution >= 0.6 is 0 Å². The first-order valence-electron chi connectivity index (χ1n) is 6.10. The van der Waals surface area contributed by atoms with Gasteiger partial charge in [-0.25, -0.2) is 0 Å². The quantitative estimate of drug-likeness (QED) is 0.774. The minimum Gasteiger partial charge on any atom is -0.481 e. The zero-order chi connectivity index (χ0) is 10.8. The van der Waals surface area contributed by atoms with Crippen LogP contribution in [0.25, 0.3) is 0 Å². The molecule has 1 saturated carbocycles. The van der Waals surface area contributed by atoms with E-state index >= 15 is 0 Å². The molecule has 2 aliphatic rings. The van der Waals surface area contributed by atoms with E-state index in [4.69, 9.17) is 5.11 Å². The van der Waals surface area contributed by atoms with Gasteiger partial charge in [-0.05, 0) is 37.5 Å². The van der Waals surface area contributed by atoms with Crippen molar-refractivity contribution in [3.63, 3.8) is 0 Å². The highest BCUT2D eigenvalue weighted by Gasteiger charge is 2.29. The molecule has 0 spiro atoms. The van der Waals surface area contributed by atoms with Crippen LogP contribution in [-0.2, 0) is 4.79 Å². The van der Waals surface area contributed by atoms with Crippen molar-refractivity contribution in [2.75, 3.05) is 19.6 Å². The number of likely N-dealkylation sites (tertiary alicyclic amines) is 1. The number of carboxylic acid groups (broad SMARTS) is 1. The van der Waals surface area contributed by atoms with E-state index in [1.165, 1.54) is 19.6 Å². The summed E-state index contributed by atoms with van der Waals surface area (Å²) < 4.78 is 0. The molecule has 15 heavy (non-hydrogen) atoms. The van der Waals surface area contributed by atoms with Gasteiger partial charge in [0.2, 0.25) is 0 Å². The van der Waals surface area contributed by atoms with E-state index in [0.717, 1.165) is 37.5 Å². The molecule has 1 aliphatic heterocycles. The molecule has 0 amide bonds. The van der Waals surface area contributed by atoms with Crippen molar-refractivity contribution >= 4 is 5.97 Å². The summed E-state index contributed by atoms with van der Waals surface area (Å²) in [5.41, 5.74) is 0. The molecule has 0 aromatic carbocycles. The van der Waals surface area contributed by atoms with Crippen LogP contribution < -0.4 is 0 Å². The normalized spacial score (nSPS) is 33.7. The largest absolute Gasteiger partial charge is 0.481 e. The lowest BCUT2D eigenvalue weighted by Gasteiger charge is -2.40. The van der Waals surface area contributed by atoms with Crippen molar-refractivity contribution < 1.29 is 9.90 Å².